The van der Waals surface area contributed by atoms with E-state index < -0.39 is 0 Å². The third kappa shape index (κ3) is 6.83. The van der Waals surface area contributed by atoms with Gasteiger partial charge in [-0.3, -0.25) is 9.59 Å². The number of thioether (sulfide) groups is 1. The molecule has 1 saturated carbocycles. The Morgan fingerprint density at radius 3 is 2.79 bits per heavy atom. The van der Waals surface area contributed by atoms with E-state index in [9.17, 15) is 9.59 Å². The van der Waals surface area contributed by atoms with Gasteiger partial charge in [0.1, 0.15) is 0 Å². The van der Waals surface area contributed by atoms with Crippen molar-refractivity contribution in [3.63, 3.8) is 0 Å². The van der Waals surface area contributed by atoms with Gasteiger partial charge in [0.2, 0.25) is 23.7 Å². The number of anilines is 1. The van der Waals surface area contributed by atoms with Gasteiger partial charge >= 0.3 is 0 Å². The van der Waals surface area contributed by atoms with Crippen molar-refractivity contribution in [2.24, 2.45) is 11.8 Å². The lowest BCUT2D eigenvalue weighted by atomic mass is 9.79. The van der Waals surface area contributed by atoms with Crippen LogP contribution in [0.15, 0.2) is 22.5 Å². The second-order valence-corrected chi connectivity index (χ2v) is 10.7. The molecule has 0 spiro atoms. The Hall–Kier alpha value is -2.33. The summed E-state index contributed by atoms with van der Waals surface area (Å²) in [5.74, 6) is 2.43. The van der Waals surface area contributed by atoms with Gasteiger partial charge in [0.05, 0.1) is 5.75 Å². The fourth-order valence-corrected chi connectivity index (χ4v) is 5.75. The summed E-state index contributed by atoms with van der Waals surface area (Å²) in [6.07, 6.45) is 7.97. The molecule has 33 heavy (non-hydrogen) atoms. The third-order valence-corrected chi connectivity index (χ3v) is 8.05. The van der Waals surface area contributed by atoms with Crippen LogP contribution in [-0.2, 0) is 16.1 Å². The first-order valence-corrected chi connectivity index (χ1v) is 13.3. The molecular formula is C23H30N4O4S2. The molecule has 1 fully saturated rings. The molecule has 2 N–H and O–H groups in total. The Bertz CT molecular complexity index is 960. The number of hydrogen-bond acceptors (Lipinski definition) is 8. The summed E-state index contributed by atoms with van der Waals surface area (Å²) >= 11 is 2.62. The second kappa shape index (κ2) is 11.7. The molecular weight excluding hydrogens is 460 g/mol. The number of amides is 2. The Kier molecular flexibility index (Phi) is 8.44. The lowest BCUT2D eigenvalue weighted by molar-refractivity contribution is -0.121. The molecule has 1 aromatic carbocycles. The van der Waals surface area contributed by atoms with Gasteiger partial charge in [-0.05, 0) is 49.3 Å². The molecule has 0 atom stereocenters. The number of rotatable bonds is 10. The number of fused-ring (bicyclic) bond motifs is 1. The van der Waals surface area contributed by atoms with Gasteiger partial charge in [-0.1, -0.05) is 55.4 Å². The molecule has 1 aromatic heterocycles. The van der Waals surface area contributed by atoms with Crippen molar-refractivity contribution >= 4 is 40.0 Å². The van der Waals surface area contributed by atoms with Crippen LogP contribution in [0.3, 0.4) is 0 Å². The highest BCUT2D eigenvalue weighted by Crippen LogP contribution is 2.34. The molecule has 0 radical (unpaired) electrons. The molecule has 4 rings (SSSR count). The summed E-state index contributed by atoms with van der Waals surface area (Å²) in [4.78, 5) is 24.8. The number of aromatic nitrogens is 2. The fraction of sp³-hybridized carbons (Fsp3) is 0.565. The summed E-state index contributed by atoms with van der Waals surface area (Å²) < 4.78 is 11.3. The lowest BCUT2D eigenvalue weighted by Gasteiger charge is -2.27. The largest absolute Gasteiger partial charge is 0.454 e. The van der Waals surface area contributed by atoms with Gasteiger partial charge in [0.25, 0.3) is 0 Å². The van der Waals surface area contributed by atoms with Gasteiger partial charge in [-0.25, -0.2) is 0 Å². The van der Waals surface area contributed by atoms with Gasteiger partial charge in [0.15, 0.2) is 15.8 Å². The van der Waals surface area contributed by atoms with Gasteiger partial charge in [-0.15, -0.1) is 10.2 Å². The van der Waals surface area contributed by atoms with Crippen LogP contribution in [-0.4, -0.2) is 34.6 Å². The SMILES string of the molecule is CCCCC1CCC(C(=O)Nc2nnc(SCC(=O)NCc3ccc4c(c3)OCO4)s2)CC1. The second-order valence-electron chi connectivity index (χ2n) is 8.48. The van der Waals surface area contributed by atoms with E-state index in [2.05, 4.69) is 27.8 Å². The van der Waals surface area contributed by atoms with E-state index in [1.54, 1.807) is 0 Å². The standard InChI is InChI=1S/C23H30N4O4S2/c1-2-3-4-15-5-8-17(9-6-15)21(29)25-22-26-27-23(33-22)32-13-20(28)24-12-16-7-10-18-19(11-16)31-14-30-18/h7,10-11,15,17H,2-6,8-9,12-14H2,1H3,(H,24,28)(H,25,26,29). The van der Waals surface area contributed by atoms with Gasteiger partial charge in [0, 0.05) is 12.5 Å². The minimum absolute atomic E-state index is 0.0399. The number of carbonyl (C=O) groups excluding carboxylic acids is 2. The zero-order valence-electron chi connectivity index (χ0n) is 18.8. The molecule has 2 aliphatic rings. The average molecular weight is 491 g/mol. The number of benzene rings is 1. The van der Waals surface area contributed by atoms with E-state index in [0.29, 0.717) is 21.8 Å². The zero-order valence-corrected chi connectivity index (χ0v) is 20.4. The highest BCUT2D eigenvalue weighted by atomic mass is 32.2. The summed E-state index contributed by atoms with van der Waals surface area (Å²) in [5.41, 5.74) is 0.943. The molecule has 0 saturated heterocycles. The van der Waals surface area contributed by atoms with E-state index in [1.807, 2.05) is 18.2 Å². The molecule has 10 heteroatoms. The first-order chi connectivity index (χ1) is 16.1. The van der Waals surface area contributed by atoms with E-state index in [-0.39, 0.29) is 30.3 Å². The highest BCUT2D eigenvalue weighted by Gasteiger charge is 2.26. The minimum Gasteiger partial charge on any atom is -0.454 e. The van der Waals surface area contributed by atoms with Crippen molar-refractivity contribution in [2.75, 3.05) is 17.9 Å². The van der Waals surface area contributed by atoms with Crippen LogP contribution in [0.5, 0.6) is 11.5 Å². The quantitative estimate of drug-likeness (QED) is 0.370. The Balaban J connectivity index is 1.16. The lowest BCUT2D eigenvalue weighted by Crippen LogP contribution is -2.27. The van der Waals surface area contributed by atoms with Crippen LogP contribution in [0.25, 0.3) is 0 Å². The first kappa shape index (κ1) is 23.8. The number of carbonyl (C=O) groups is 2. The van der Waals surface area contributed by atoms with E-state index in [0.717, 1.165) is 42.9 Å². The maximum atomic E-state index is 12.6. The van der Waals surface area contributed by atoms with E-state index in [4.69, 9.17) is 9.47 Å². The van der Waals surface area contributed by atoms with E-state index >= 15 is 0 Å². The van der Waals surface area contributed by atoms with Crippen molar-refractivity contribution in [2.45, 2.75) is 62.8 Å². The van der Waals surface area contributed by atoms with Crippen molar-refractivity contribution in [1.29, 1.82) is 0 Å². The maximum absolute atomic E-state index is 12.6. The van der Waals surface area contributed by atoms with Crippen LogP contribution in [0.2, 0.25) is 0 Å². The number of hydrogen-bond donors (Lipinski definition) is 2. The van der Waals surface area contributed by atoms with E-state index in [1.165, 1.54) is 42.4 Å². The fourth-order valence-electron chi connectivity index (χ4n) is 4.16. The third-order valence-electron chi connectivity index (χ3n) is 6.07. The minimum atomic E-state index is -0.0988. The molecule has 2 amide bonds. The predicted molar refractivity (Wildman–Crippen MR) is 129 cm³/mol. The molecule has 0 bridgehead atoms. The van der Waals surface area contributed by atoms with Gasteiger partial charge in [-0.2, -0.15) is 0 Å². The van der Waals surface area contributed by atoms with Crippen molar-refractivity contribution in [1.82, 2.24) is 15.5 Å². The van der Waals surface area contributed by atoms with Crippen LogP contribution >= 0.6 is 23.1 Å². The maximum Gasteiger partial charge on any atom is 0.231 e. The Labute approximate surface area is 202 Å². The molecule has 1 aliphatic carbocycles. The normalized spacial score (nSPS) is 19.3. The van der Waals surface area contributed by atoms with Crippen LogP contribution in [0, 0.1) is 11.8 Å². The van der Waals surface area contributed by atoms with Crippen LogP contribution in [0.1, 0.15) is 57.4 Å². The first-order valence-electron chi connectivity index (χ1n) is 11.5. The predicted octanol–water partition coefficient (Wildman–Crippen LogP) is 4.61. The number of ether oxygens (including phenoxy) is 2. The molecule has 2 aromatic rings. The molecule has 1 aliphatic heterocycles. The average Bonchev–Trinajstić information content (AvgIpc) is 3.49. The van der Waals surface area contributed by atoms with Crippen LogP contribution < -0.4 is 20.1 Å². The monoisotopic (exact) mass is 490 g/mol. The summed E-state index contributed by atoms with van der Waals surface area (Å²) in [7, 11) is 0. The van der Waals surface area contributed by atoms with Crippen molar-refractivity contribution < 1.29 is 19.1 Å². The van der Waals surface area contributed by atoms with Crippen molar-refractivity contribution in [3.8, 4) is 11.5 Å². The summed E-state index contributed by atoms with van der Waals surface area (Å²) in [6.45, 7) is 2.86. The Morgan fingerprint density at radius 2 is 1.97 bits per heavy atom. The highest BCUT2D eigenvalue weighted by molar-refractivity contribution is 8.01. The molecule has 2 heterocycles. The van der Waals surface area contributed by atoms with Gasteiger partial charge < -0.3 is 20.1 Å². The molecule has 8 nitrogen and oxygen atoms in total. The Morgan fingerprint density at radius 1 is 1.15 bits per heavy atom. The summed E-state index contributed by atoms with van der Waals surface area (Å²) in [5, 5.41) is 14.5. The number of unbranched alkanes of at least 4 members (excludes halogenated alkanes) is 1. The molecule has 0 unspecified atom stereocenters. The van der Waals surface area contributed by atoms with Crippen molar-refractivity contribution in [3.05, 3.63) is 23.8 Å². The molecule has 178 valence electrons. The number of nitrogens with one attached hydrogen (secondary N) is 2. The number of nitrogens with zero attached hydrogens (tertiary/aromatic N) is 2. The topological polar surface area (TPSA) is 102 Å². The smallest absolute Gasteiger partial charge is 0.231 e. The van der Waals surface area contributed by atoms with Crippen LogP contribution in [0.4, 0.5) is 5.13 Å². The summed E-state index contributed by atoms with van der Waals surface area (Å²) in [6, 6.07) is 5.61. The zero-order chi connectivity index (χ0) is 23.0.